The van der Waals surface area contributed by atoms with Gasteiger partial charge in [0.25, 0.3) is 0 Å². The molecule has 1 fully saturated rings. The lowest BCUT2D eigenvalue weighted by Gasteiger charge is -2.32. The zero-order chi connectivity index (χ0) is 11.7. The Morgan fingerprint density at radius 3 is 2.81 bits per heavy atom. The molecule has 96 valence electrons. The lowest BCUT2D eigenvalue weighted by atomic mass is 9.90. The maximum Gasteiger partial charge on any atom is 0.0484 e. The van der Waals surface area contributed by atoms with Gasteiger partial charge in [0.15, 0.2) is 0 Å². The second-order valence-corrected chi connectivity index (χ2v) is 4.66. The van der Waals surface area contributed by atoms with Gasteiger partial charge in [-0.1, -0.05) is 0 Å². The maximum atomic E-state index is 8.69. The molecule has 0 amide bonds. The van der Waals surface area contributed by atoms with Crippen molar-refractivity contribution in [2.45, 2.75) is 44.1 Å². The van der Waals surface area contributed by atoms with E-state index in [9.17, 15) is 0 Å². The van der Waals surface area contributed by atoms with Crippen LogP contribution < -0.4 is 11.1 Å². The first-order chi connectivity index (χ1) is 7.83. The molecule has 16 heavy (non-hydrogen) atoms. The van der Waals surface area contributed by atoms with Gasteiger partial charge in [0.1, 0.15) is 0 Å². The van der Waals surface area contributed by atoms with Crippen molar-refractivity contribution in [3.63, 3.8) is 0 Å². The Balaban J connectivity index is 2.22. The van der Waals surface area contributed by atoms with E-state index < -0.39 is 0 Å². The first kappa shape index (κ1) is 13.9. The van der Waals surface area contributed by atoms with Crippen molar-refractivity contribution in [1.29, 1.82) is 0 Å². The zero-order valence-corrected chi connectivity index (χ0v) is 10.2. The summed E-state index contributed by atoms with van der Waals surface area (Å²) in [4.78, 5) is 0. The largest absolute Gasteiger partial charge is 0.396 e. The number of hydrogen-bond donors (Lipinski definition) is 3. The van der Waals surface area contributed by atoms with E-state index in [1.807, 2.05) is 0 Å². The molecule has 1 aliphatic rings. The van der Waals surface area contributed by atoms with E-state index in [1.165, 1.54) is 0 Å². The Morgan fingerprint density at radius 2 is 2.06 bits per heavy atom. The molecule has 1 atom stereocenters. The van der Waals surface area contributed by atoms with Gasteiger partial charge in [-0.3, -0.25) is 0 Å². The fraction of sp³-hybridized carbons (Fsp3) is 1.00. The van der Waals surface area contributed by atoms with Gasteiger partial charge in [0.05, 0.1) is 0 Å². The van der Waals surface area contributed by atoms with Crippen LogP contribution in [0.4, 0.5) is 0 Å². The lowest BCUT2D eigenvalue weighted by molar-refractivity contribution is 0.137. The standard InChI is InChI=1S/C12H26N2O2/c13-11-12(5-4-9-16-10-6-12)14-7-2-1-3-8-15/h14-15H,1-11,13H2. The molecule has 1 saturated heterocycles. The van der Waals surface area contributed by atoms with E-state index in [0.29, 0.717) is 13.2 Å². The molecule has 1 unspecified atom stereocenters. The first-order valence-electron chi connectivity index (χ1n) is 6.47. The van der Waals surface area contributed by atoms with Gasteiger partial charge in [-0.25, -0.2) is 0 Å². The van der Waals surface area contributed by atoms with Gasteiger partial charge < -0.3 is 20.9 Å². The summed E-state index contributed by atoms with van der Waals surface area (Å²) in [5, 5.41) is 12.3. The Kier molecular flexibility index (Phi) is 6.96. The summed E-state index contributed by atoms with van der Waals surface area (Å²) in [7, 11) is 0. The fourth-order valence-corrected chi connectivity index (χ4v) is 2.23. The topological polar surface area (TPSA) is 67.5 Å². The molecule has 0 spiro atoms. The third-order valence-electron chi connectivity index (χ3n) is 3.39. The number of rotatable bonds is 7. The molecule has 1 rings (SSSR count). The lowest BCUT2D eigenvalue weighted by Crippen LogP contribution is -2.51. The van der Waals surface area contributed by atoms with Crippen molar-refractivity contribution >= 4 is 0 Å². The predicted molar refractivity (Wildman–Crippen MR) is 65.4 cm³/mol. The molecular weight excluding hydrogens is 204 g/mol. The molecule has 0 aromatic heterocycles. The summed E-state index contributed by atoms with van der Waals surface area (Å²) < 4.78 is 5.47. The fourth-order valence-electron chi connectivity index (χ4n) is 2.23. The highest BCUT2D eigenvalue weighted by Crippen LogP contribution is 2.20. The monoisotopic (exact) mass is 230 g/mol. The second-order valence-electron chi connectivity index (χ2n) is 4.66. The molecule has 4 nitrogen and oxygen atoms in total. The van der Waals surface area contributed by atoms with E-state index in [1.54, 1.807) is 0 Å². The quantitative estimate of drug-likeness (QED) is 0.561. The van der Waals surface area contributed by atoms with Gasteiger partial charge in [-0.2, -0.15) is 0 Å². The molecule has 0 bridgehead atoms. The SMILES string of the molecule is NCC1(NCCCCCO)CCCOCC1. The smallest absolute Gasteiger partial charge is 0.0484 e. The molecule has 4 N–H and O–H groups in total. The van der Waals surface area contributed by atoms with Gasteiger partial charge in [-0.15, -0.1) is 0 Å². The number of aliphatic hydroxyl groups is 1. The normalized spacial score (nSPS) is 26.6. The highest BCUT2D eigenvalue weighted by atomic mass is 16.5. The van der Waals surface area contributed by atoms with Crippen molar-refractivity contribution in [2.75, 3.05) is 32.9 Å². The minimum atomic E-state index is 0.0930. The Morgan fingerprint density at radius 1 is 1.19 bits per heavy atom. The third-order valence-corrected chi connectivity index (χ3v) is 3.39. The molecule has 4 heteroatoms. The van der Waals surface area contributed by atoms with Crippen molar-refractivity contribution in [1.82, 2.24) is 5.32 Å². The Hall–Kier alpha value is -0.160. The molecule has 0 saturated carbocycles. The van der Waals surface area contributed by atoms with Crippen LogP contribution in [0.2, 0.25) is 0 Å². The van der Waals surface area contributed by atoms with Crippen LogP contribution in [-0.2, 0) is 4.74 Å². The average molecular weight is 230 g/mol. The van der Waals surface area contributed by atoms with Crippen LogP contribution in [0.5, 0.6) is 0 Å². The van der Waals surface area contributed by atoms with Crippen LogP contribution in [0.25, 0.3) is 0 Å². The second kappa shape index (κ2) is 8.01. The van der Waals surface area contributed by atoms with Gasteiger partial charge in [0.2, 0.25) is 0 Å². The molecule has 1 heterocycles. The molecule has 0 aliphatic carbocycles. The van der Waals surface area contributed by atoms with Crippen LogP contribution in [-0.4, -0.2) is 43.6 Å². The number of hydrogen-bond acceptors (Lipinski definition) is 4. The number of nitrogens with one attached hydrogen (secondary N) is 1. The van der Waals surface area contributed by atoms with Crippen molar-refractivity contribution in [3.8, 4) is 0 Å². The summed E-state index contributed by atoms with van der Waals surface area (Å²) in [6.07, 6.45) is 6.33. The van der Waals surface area contributed by atoms with Gasteiger partial charge >= 0.3 is 0 Å². The molecule has 0 radical (unpaired) electrons. The Bertz CT molecular complexity index is 168. The summed E-state index contributed by atoms with van der Waals surface area (Å²) in [6, 6.07) is 0. The van der Waals surface area contributed by atoms with E-state index in [0.717, 1.165) is 58.3 Å². The maximum absolute atomic E-state index is 8.69. The van der Waals surface area contributed by atoms with Crippen LogP contribution in [0, 0.1) is 0 Å². The molecule has 0 aromatic rings. The molecular formula is C12H26N2O2. The van der Waals surface area contributed by atoms with Crippen molar-refractivity contribution < 1.29 is 9.84 Å². The van der Waals surface area contributed by atoms with E-state index in [4.69, 9.17) is 15.6 Å². The molecule has 0 aromatic carbocycles. The number of nitrogens with two attached hydrogens (primary N) is 1. The summed E-state index contributed by atoms with van der Waals surface area (Å²) in [6.45, 7) is 3.68. The number of unbranched alkanes of at least 4 members (excludes halogenated alkanes) is 2. The highest BCUT2D eigenvalue weighted by Gasteiger charge is 2.28. The van der Waals surface area contributed by atoms with E-state index in [-0.39, 0.29) is 5.54 Å². The highest BCUT2D eigenvalue weighted by molar-refractivity contribution is 4.90. The minimum absolute atomic E-state index is 0.0930. The van der Waals surface area contributed by atoms with Crippen LogP contribution >= 0.6 is 0 Å². The van der Waals surface area contributed by atoms with E-state index >= 15 is 0 Å². The minimum Gasteiger partial charge on any atom is -0.396 e. The third kappa shape index (κ3) is 4.78. The Labute approximate surface area is 98.5 Å². The van der Waals surface area contributed by atoms with E-state index in [2.05, 4.69) is 5.32 Å². The summed E-state index contributed by atoms with van der Waals surface area (Å²) in [5.74, 6) is 0. The van der Waals surface area contributed by atoms with Crippen molar-refractivity contribution in [3.05, 3.63) is 0 Å². The predicted octanol–water partition coefficient (Wildman–Crippen LogP) is 0.637. The van der Waals surface area contributed by atoms with Gasteiger partial charge in [-0.05, 0) is 45.1 Å². The van der Waals surface area contributed by atoms with Gasteiger partial charge in [0, 0.05) is 31.9 Å². The average Bonchev–Trinajstić information content (AvgIpc) is 2.55. The molecule has 1 aliphatic heterocycles. The summed E-state index contributed by atoms with van der Waals surface area (Å²) >= 11 is 0. The van der Waals surface area contributed by atoms with Crippen molar-refractivity contribution in [2.24, 2.45) is 5.73 Å². The number of ether oxygens (including phenoxy) is 1. The first-order valence-corrected chi connectivity index (χ1v) is 6.47. The number of aliphatic hydroxyl groups excluding tert-OH is 1. The van der Waals surface area contributed by atoms with Crippen LogP contribution in [0.15, 0.2) is 0 Å². The van der Waals surface area contributed by atoms with Crippen LogP contribution in [0.1, 0.15) is 38.5 Å². The van der Waals surface area contributed by atoms with Crippen LogP contribution in [0.3, 0.4) is 0 Å². The summed E-state index contributed by atoms with van der Waals surface area (Å²) in [5.41, 5.74) is 5.98. The zero-order valence-electron chi connectivity index (χ0n) is 10.2.